The number of hydrogen-bond donors (Lipinski definition) is 0. The first-order chi connectivity index (χ1) is 5.18. The number of rotatable bonds is 1. The van der Waals surface area contributed by atoms with E-state index in [4.69, 9.17) is 0 Å². The van der Waals surface area contributed by atoms with E-state index >= 15 is 0 Å². The molecule has 0 aliphatic heterocycles. The Morgan fingerprint density at radius 3 is 3.00 bits per heavy atom. The average Bonchev–Trinajstić information content (AvgIpc) is 1.85. The van der Waals surface area contributed by atoms with E-state index in [1.165, 1.54) is 7.05 Å². The van der Waals surface area contributed by atoms with E-state index in [-0.39, 0.29) is 0 Å². The van der Waals surface area contributed by atoms with Crippen molar-refractivity contribution in [3.05, 3.63) is 41.2 Å². The van der Waals surface area contributed by atoms with Crippen LogP contribution < -0.4 is 0 Å². The van der Waals surface area contributed by atoms with Gasteiger partial charge in [-0.2, -0.15) is 0 Å². The molecule has 0 fully saturated rings. The molecule has 0 amide bonds. The van der Waals surface area contributed by atoms with Gasteiger partial charge in [0.1, 0.15) is 7.05 Å². The molecule has 2 heteroatoms. The van der Waals surface area contributed by atoms with E-state index in [9.17, 15) is 5.21 Å². The average molecular weight is 149 g/mol. The van der Waals surface area contributed by atoms with E-state index in [0.29, 0.717) is 0 Å². The van der Waals surface area contributed by atoms with E-state index in [1.54, 1.807) is 6.21 Å². The minimum absolute atomic E-state index is 0.781. The topological polar surface area (TPSA) is 26.1 Å². The second kappa shape index (κ2) is 3.19. The van der Waals surface area contributed by atoms with Crippen LogP contribution in [0, 0.1) is 5.21 Å². The van der Waals surface area contributed by atoms with Crippen molar-refractivity contribution in [3.63, 3.8) is 0 Å². The Labute approximate surface area is 66.4 Å². The van der Waals surface area contributed by atoms with Gasteiger partial charge in [0, 0.05) is 12.0 Å². The zero-order valence-electron chi connectivity index (χ0n) is 6.58. The van der Waals surface area contributed by atoms with Gasteiger partial charge in [-0.05, 0) is 0 Å². The molecule has 0 heterocycles. The third kappa shape index (κ3) is 2.42. The van der Waals surface area contributed by atoms with Crippen LogP contribution in [-0.4, -0.2) is 18.0 Å². The van der Waals surface area contributed by atoms with Gasteiger partial charge >= 0.3 is 0 Å². The van der Waals surface area contributed by atoms with Crippen LogP contribution in [0.5, 0.6) is 0 Å². The largest absolute Gasteiger partial charge is 0.624 e. The fourth-order valence-corrected chi connectivity index (χ4v) is 1.01. The fraction of sp³-hybridized carbons (Fsp3) is 0.222. The summed E-state index contributed by atoms with van der Waals surface area (Å²) in [4.78, 5) is 0. The minimum Gasteiger partial charge on any atom is -0.624 e. The zero-order valence-corrected chi connectivity index (χ0v) is 6.58. The van der Waals surface area contributed by atoms with Crippen LogP contribution in [0.15, 0.2) is 36.0 Å². The van der Waals surface area contributed by atoms with Crippen LogP contribution in [0.3, 0.4) is 0 Å². The van der Waals surface area contributed by atoms with Crippen LogP contribution >= 0.6 is 0 Å². The first kappa shape index (κ1) is 7.79. The molecular formula is C9H11NO. The highest BCUT2D eigenvalue weighted by molar-refractivity contribution is 5.76. The third-order valence-electron chi connectivity index (χ3n) is 1.42. The summed E-state index contributed by atoms with van der Waals surface area (Å²) in [6, 6.07) is 0. The van der Waals surface area contributed by atoms with Crippen molar-refractivity contribution in [1.29, 1.82) is 0 Å². The predicted molar refractivity (Wildman–Crippen MR) is 46.6 cm³/mol. The smallest absolute Gasteiger partial charge is 0.177 e. The Balaban J connectivity index is 2.75. The normalized spacial score (nSPS) is 18.5. The van der Waals surface area contributed by atoms with Crippen molar-refractivity contribution in [1.82, 2.24) is 0 Å². The Bertz CT molecular complexity index is 255. The summed E-state index contributed by atoms with van der Waals surface area (Å²) in [5.74, 6) is 0. The molecule has 1 aliphatic rings. The summed E-state index contributed by atoms with van der Waals surface area (Å²) < 4.78 is 0.804. The molecule has 0 saturated heterocycles. The van der Waals surface area contributed by atoms with Crippen LogP contribution in [0.1, 0.15) is 6.42 Å². The molecule has 0 atom stereocenters. The fourth-order valence-electron chi connectivity index (χ4n) is 1.01. The minimum atomic E-state index is 0.781. The number of hydroxylamine groups is 1. The lowest BCUT2D eigenvalue weighted by atomic mass is 10.0. The summed E-state index contributed by atoms with van der Waals surface area (Å²) in [5, 5.41) is 10.6. The molecule has 1 aliphatic carbocycles. The summed E-state index contributed by atoms with van der Waals surface area (Å²) in [5.41, 5.74) is 2.05. The SMILES string of the molecule is C=C1C=CC=C(C=[N+](C)[O-])C1. The Kier molecular flexibility index (Phi) is 2.26. The van der Waals surface area contributed by atoms with Crippen LogP contribution in [0.2, 0.25) is 0 Å². The van der Waals surface area contributed by atoms with Gasteiger partial charge in [-0.15, -0.1) is 0 Å². The maximum atomic E-state index is 10.6. The van der Waals surface area contributed by atoms with Gasteiger partial charge in [-0.1, -0.05) is 30.4 Å². The lowest BCUT2D eigenvalue weighted by Crippen LogP contribution is -2.01. The van der Waals surface area contributed by atoms with Crippen LogP contribution in [0.4, 0.5) is 0 Å². The molecule has 0 aromatic heterocycles. The maximum Gasteiger partial charge on any atom is 0.177 e. The van der Waals surface area contributed by atoms with Gasteiger partial charge in [0.15, 0.2) is 6.21 Å². The van der Waals surface area contributed by atoms with Crippen molar-refractivity contribution in [2.24, 2.45) is 0 Å². The molecular weight excluding hydrogens is 138 g/mol. The molecule has 0 bridgehead atoms. The molecule has 58 valence electrons. The molecule has 1 rings (SSSR count). The number of nitrogens with zero attached hydrogens (tertiary/aromatic N) is 1. The second-order valence-corrected chi connectivity index (χ2v) is 2.61. The Hall–Kier alpha value is -1.31. The van der Waals surface area contributed by atoms with Crippen molar-refractivity contribution < 1.29 is 4.74 Å². The predicted octanol–water partition coefficient (Wildman–Crippen LogP) is 1.64. The lowest BCUT2D eigenvalue weighted by molar-refractivity contribution is -0.417. The van der Waals surface area contributed by atoms with Gasteiger partial charge < -0.3 is 5.21 Å². The number of allylic oxidation sites excluding steroid dienone is 5. The van der Waals surface area contributed by atoms with Crippen molar-refractivity contribution in [2.45, 2.75) is 6.42 Å². The van der Waals surface area contributed by atoms with Crippen molar-refractivity contribution >= 4 is 6.21 Å². The molecule has 0 radical (unpaired) electrons. The van der Waals surface area contributed by atoms with Gasteiger partial charge in [-0.3, -0.25) is 0 Å². The molecule has 0 unspecified atom stereocenters. The lowest BCUT2D eigenvalue weighted by Gasteiger charge is -2.04. The van der Waals surface area contributed by atoms with E-state index < -0.39 is 0 Å². The molecule has 11 heavy (non-hydrogen) atoms. The molecule has 0 saturated carbocycles. The number of hydrogen-bond acceptors (Lipinski definition) is 1. The van der Waals surface area contributed by atoms with Crippen molar-refractivity contribution in [3.8, 4) is 0 Å². The molecule has 2 nitrogen and oxygen atoms in total. The van der Waals surface area contributed by atoms with E-state index in [2.05, 4.69) is 6.58 Å². The molecule has 0 spiro atoms. The highest BCUT2D eigenvalue weighted by atomic mass is 16.5. The third-order valence-corrected chi connectivity index (χ3v) is 1.42. The Morgan fingerprint density at radius 1 is 1.73 bits per heavy atom. The van der Waals surface area contributed by atoms with Crippen LogP contribution in [-0.2, 0) is 0 Å². The second-order valence-electron chi connectivity index (χ2n) is 2.61. The van der Waals surface area contributed by atoms with Crippen molar-refractivity contribution in [2.75, 3.05) is 7.05 Å². The van der Waals surface area contributed by atoms with Gasteiger partial charge in [-0.25, -0.2) is 4.74 Å². The van der Waals surface area contributed by atoms with Gasteiger partial charge in [0.2, 0.25) is 0 Å². The maximum absolute atomic E-state index is 10.6. The summed E-state index contributed by atoms with van der Waals surface area (Å²) in [6.45, 7) is 3.80. The Morgan fingerprint density at radius 2 is 2.45 bits per heavy atom. The zero-order chi connectivity index (χ0) is 8.27. The summed E-state index contributed by atoms with van der Waals surface area (Å²) >= 11 is 0. The molecule has 0 aromatic carbocycles. The first-order valence-corrected chi connectivity index (χ1v) is 3.48. The van der Waals surface area contributed by atoms with Crippen LogP contribution in [0.25, 0.3) is 0 Å². The van der Waals surface area contributed by atoms with Gasteiger partial charge in [0.25, 0.3) is 0 Å². The molecule has 0 N–H and O–H groups in total. The van der Waals surface area contributed by atoms with Gasteiger partial charge in [0.05, 0.1) is 0 Å². The van der Waals surface area contributed by atoms with E-state index in [0.717, 1.165) is 22.3 Å². The monoisotopic (exact) mass is 149 g/mol. The summed E-state index contributed by atoms with van der Waals surface area (Å²) in [7, 11) is 1.47. The molecule has 0 aromatic rings. The van der Waals surface area contributed by atoms with E-state index in [1.807, 2.05) is 18.2 Å². The first-order valence-electron chi connectivity index (χ1n) is 3.48. The summed E-state index contributed by atoms with van der Waals surface area (Å²) in [6.07, 6.45) is 8.12. The quantitative estimate of drug-likeness (QED) is 0.241. The standard InChI is InChI=1S/C9H11NO/c1-8-4-3-5-9(6-8)7-10(2)11/h3-5,7H,1,6H2,2H3. The highest BCUT2D eigenvalue weighted by Crippen LogP contribution is 2.13. The highest BCUT2D eigenvalue weighted by Gasteiger charge is 2.01.